The summed E-state index contributed by atoms with van der Waals surface area (Å²) in [5, 5.41) is 12.3. The number of benzene rings is 2. The Labute approximate surface area is 123 Å². The van der Waals surface area contributed by atoms with Crippen molar-refractivity contribution in [2.75, 3.05) is 6.54 Å². The van der Waals surface area contributed by atoms with E-state index in [2.05, 4.69) is 11.4 Å². The molecule has 2 aromatic carbocycles. The Hall–Kier alpha value is -2.00. The Balaban J connectivity index is 1.90. The van der Waals surface area contributed by atoms with Gasteiger partial charge in [0.2, 0.25) is 0 Å². The van der Waals surface area contributed by atoms with Crippen LogP contribution < -0.4 is 5.32 Å². The van der Waals surface area contributed by atoms with Crippen LogP contribution in [0.1, 0.15) is 21.5 Å². The van der Waals surface area contributed by atoms with Gasteiger partial charge in [-0.15, -0.1) is 0 Å². The zero-order valence-electron chi connectivity index (χ0n) is 11.2. The van der Waals surface area contributed by atoms with Gasteiger partial charge in [-0.05, 0) is 37.1 Å². The largest absolute Gasteiger partial charge is 0.506 e. The number of phenols is 1. The van der Waals surface area contributed by atoms with E-state index in [1.54, 1.807) is 6.07 Å². The lowest BCUT2D eigenvalue weighted by Gasteiger charge is -2.07. The van der Waals surface area contributed by atoms with Crippen molar-refractivity contribution >= 4 is 17.5 Å². The first-order valence-corrected chi connectivity index (χ1v) is 6.76. The van der Waals surface area contributed by atoms with Crippen molar-refractivity contribution in [1.82, 2.24) is 5.32 Å². The van der Waals surface area contributed by atoms with E-state index in [1.807, 2.05) is 25.1 Å². The number of carbonyl (C=O) groups excluding carboxylic acids is 1. The Morgan fingerprint density at radius 3 is 2.75 bits per heavy atom. The van der Waals surface area contributed by atoms with Crippen LogP contribution in [0.25, 0.3) is 0 Å². The van der Waals surface area contributed by atoms with Gasteiger partial charge in [-0.2, -0.15) is 0 Å². The van der Waals surface area contributed by atoms with E-state index in [9.17, 15) is 9.90 Å². The van der Waals surface area contributed by atoms with Gasteiger partial charge in [-0.1, -0.05) is 41.4 Å². The van der Waals surface area contributed by atoms with Gasteiger partial charge in [-0.3, -0.25) is 4.79 Å². The first kappa shape index (κ1) is 14.4. The first-order chi connectivity index (χ1) is 9.56. The molecule has 4 heteroatoms. The summed E-state index contributed by atoms with van der Waals surface area (Å²) in [4.78, 5) is 11.9. The summed E-state index contributed by atoms with van der Waals surface area (Å²) in [5.41, 5.74) is 2.84. The number of hydrogen-bond acceptors (Lipinski definition) is 2. The summed E-state index contributed by atoms with van der Waals surface area (Å²) < 4.78 is 0. The third kappa shape index (κ3) is 3.75. The van der Waals surface area contributed by atoms with E-state index in [0.29, 0.717) is 12.1 Å². The highest BCUT2D eigenvalue weighted by atomic mass is 35.5. The van der Waals surface area contributed by atoms with Gasteiger partial charge in [0, 0.05) is 12.1 Å². The molecule has 0 fully saturated rings. The minimum Gasteiger partial charge on any atom is -0.506 e. The van der Waals surface area contributed by atoms with E-state index in [0.717, 1.165) is 6.42 Å². The third-order valence-electron chi connectivity index (χ3n) is 2.99. The van der Waals surface area contributed by atoms with E-state index >= 15 is 0 Å². The fraction of sp³-hybridized carbons (Fsp3) is 0.188. The van der Waals surface area contributed by atoms with Crippen LogP contribution in [-0.4, -0.2) is 17.6 Å². The molecule has 3 nitrogen and oxygen atoms in total. The predicted molar refractivity (Wildman–Crippen MR) is 80.3 cm³/mol. The lowest BCUT2D eigenvalue weighted by molar-refractivity contribution is 0.0954. The van der Waals surface area contributed by atoms with Gasteiger partial charge in [0.25, 0.3) is 5.91 Å². The maximum atomic E-state index is 11.9. The standard InChI is InChI=1S/C16H16ClNO2/c1-11-3-2-4-12(9-11)7-8-18-16(20)13-5-6-15(19)14(17)10-13/h2-6,9-10,19H,7-8H2,1H3,(H,18,20). The molecule has 0 atom stereocenters. The Morgan fingerprint density at radius 1 is 1.25 bits per heavy atom. The SMILES string of the molecule is Cc1cccc(CCNC(=O)c2ccc(O)c(Cl)c2)c1. The normalized spacial score (nSPS) is 10.3. The molecule has 2 aromatic rings. The topological polar surface area (TPSA) is 49.3 Å². The summed E-state index contributed by atoms with van der Waals surface area (Å²) in [6.07, 6.45) is 0.777. The van der Waals surface area contributed by atoms with Crippen molar-refractivity contribution in [2.24, 2.45) is 0 Å². The van der Waals surface area contributed by atoms with Crippen LogP contribution in [0.4, 0.5) is 0 Å². The van der Waals surface area contributed by atoms with Crippen LogP contribution in [0.15, 0.2) is 42.5 Å². The molecule has 0 heterocycles. The molecular weight excluding hydrogens is 274 g/mol. The van der Waals surface area contributed by atoms with Gasteiger partial charge in [-0.25, -0.2) is 0 Å². The van der Waals surface area contributed by atoms with Crippen LogP contribution in [-0.2, 0) is 6.42 Å². The molecule has 1 amide bonds. The van der Waals surface area contributed by atoms with Crippen LogP contribution in [0.2, 0.25) is 5.02 Å². The zero-order valence-corrected chi connectivity index (χ0v) is 11.9. The molecule has 0 aliphatic carbocycles. The maximum absolute atomic E-state index is 11.9. The van der Waals surface area contributed by atoms with Crippen molar-refractivity contribution in [1.29, 1.82) is 0 Å². The van der Waals surface area contributed by atoms with Gasteiger partial charge in [0.15, 0.2) is 0 Å². The fourth-order valence-corrected chi connectivity index (χ4v) is 2.12. The second-order valence-corrected chi connectivity index (χ2v) is 5.07. The lowest BCUT2D eigenvalue weighted by Crippen LogP contribution is -2.25. The second-order valence-electron chi connectivity index (χ2n) is 4.66. The van der Waals surface area contributed by atoms with E-state index in [1.165, 1.54) is 23.3 Å². The quantitative estimate of drug-likeness (QED) is 0.907. The summed E-state index contributed by atoms with van der Waals surface area (Å²) >= 11 is 5.78. The van der Waals surface area contributed by atoms with Crippen molar-refractivity contribution in [3.63, 3.8) is 0 Å². The Kier molecular flexibility index (Phi) is 4.64. The highest BCUT2D eigenvalue weighted by Crippen LogP contribution is 2.23. The van der Waals surface area contributed by atoms with Crippen LogP contribution in [0.5, 0.6) is 5.75 Å². The van der Waals surface area contributed by atoms with Crippen LogP contribution in [0.3, 0.4) is 0 Å². The molecule has 2 N–H and O–H groups in total. The predicted octanol–water partition coefficient (Wildman–Crippen LogP) is 3.33. The minimum atomic E-state index is -0.195. The summed E-state index contributed by atoms with van der Waals surface area (Å²) in [5.74, 6) is -0.220. The third-order valence-corrected chi connectivity index (χ3v) is 3.29. The average Bonchev–Trinajstić information content (AvgIpc) is 2.42. The van der Waals surface area contributed by atoms with Crippen molar-refractivity contribution in [2.45, 2.75) is 13.3 Å². The van der Waals surface area contributed by atoms with Gasteiger partial charge >= 0.3 is 0 Å². The molecule has 0 aromatic heterocycles. The highest BCUT2D eigenvalue weighted by molar-refractivity contribution is 6.32. The molecule has 0 bridgehead atoms. The molecule has 0 saturated heterocycles. The Morgan fingerprint density at radius 2 is 2.05 bits per heavy atom. The molecule has 2 rings (SSSR count). The number of aryl methyl sites for hydroxylation is 1. The monoisotopic (exact) mass is 289 g/mol. The molecule has 0 saturated carbocycles. The zero-order chi connectivity index (χ0) is 14.5. The molecule has 0 spiro atoms. The number of amides is 1. The molecular formula is C16H16ClNO2. The van der Waals surface area contributed by atoms with Gasteiger partial charge in [0.05, 0.1) is 5.02 Å². The number of hydrogen-bond donors (Lipinski definition) is 2. The van der Waals surface area contributed by atoms with Gasteiger partial charge in [0.1, 0.15) is 5.75 Å². The molecule has 0 unspecified atom stereocenters. The molecule has 0 radical (unpaired) electrons. The van der Waals surface area contributed by atoms with Crippen LogP contribution >= 0.6 is 11.6 Å². The number of rotatable bonds is 4. The summed E-state index contributed by atoms with van der Waals surface area (Å²) in [7, 11) is 0. The Bertz CT molecular complexity index is 626. The minimum absolute atomic E-state index is 0.0250. The summed E-state index contributed by atoms with van der Waals surface area (Å²) in [6, 6.07) is 12.6. The molecule has 0 aliphatic rings. The smallest absolute Gasteiger partial charge is 0.251 e. The maximum Gasteiger partial charge on any atom is 0.251 e. The molecule has 0 aliphatic heterocycles. The van der Waals surface area contributed by atoms with Crippen molar-refractivity contribution < 1.29 is 9.90 Å². The fourth-order valence-electron chi connectivity index (χ4n) is 1.94. The number of phenolic OH excluding ortho intramolecular Hbond substituents is 1. The van der Waals surface area contributed by atoms with Gasteiger partial charge < -0.3 is 10.4 Å². The lowest BCUT2D eigenvalue weighted by atomic mass is 10.1. The molecule has 104 valence electrons. The number of nitrogens with one attached hydrogen (secondary N) is 1. The van der Waals surface area contributed by atoms with Crippen molar-refractivity contribution in [3.8, 4) is 5.75 Å². The highest BCUT2D eigenvalue weighted by Gasteiger charge is 2.07. The average molecular weight is 290 g/mol. The first-order valence-electron chi connectivity index (χ1n) is 6.38. The molecule has 20 heavy (non-hydrogen) atoms. The van der Waals surface area contributed by atoms with E-state index < -0.39 is 0 Å². The number of aromatic hydroxyl groups is 1. The summed E-state index contributed by atoms with van der Waals surface area (Å²) in [6.45, 7) is 2.60. The number of carbonyl (C=O) groups is 1. The van der Waals surface area contributed by atoms with E-state index in [-0.39, 0.29) is 16.7 Å². The van der Waals surface area contributed by atoms with E-state index in [4.69, 9.17) is 11.6 Å². The number of halogens is 1. The van der Waals surface area contributed by atoms with Crippen LogP contribution in [0, 0.1) is 6.92 Å². The van der Waals surface area contributed by atoms with Crippen molar-refractivity contribution in [3.05, 3.63) is 64.2 Å². The second kappa shape index (κ2) is 6.44.